The molecule has 0 heterocycles. The van der Waals surface area contributed by atoms with E-state index in [2.05, 4.69) is 20.8 Å². The predicted octanol–water partition coefficient (Wildman–Crippen LogP) is 4.07. The van der Waals surface area contributed by atoms with Crippen molar-refractivity contribution in [2.75, 3.05) is 7.11 Å². The van der Waals surface area contributed by atoms with Gasteiger partial charge in [0.15, 0.2) is 17.3 Å². The van der Waals surface area contributed by atoms with Crippen LogP contribution in [-0.2, 0) is 5.41 Å². The molecule has 0 amide bonds. The van der Waals surface area contributed by atoms with Crippen LogP contribution in [0.25, 0.3) is 0 Å². The Balaban J connectivity index is 2.22. The highest BCUT2D eigenvalue weighted by Crippen LogP contribution is 2.58. The van der Waals surface area contributed by atoms with Crippen LogP contribution >= 0.6 is 0 Å². The Morgan fingerprint density at radius 2 is 1.95 bits per heavy atom. The molecule has 0 aromatic heterocycles. The summed E-state index contributed by atoms with van der Waals surface area (Å²) in [6, 6.07) is 3.77. The lowest BCUT2D eigenvalue weighted by Crippen LogP contribution is -2.49. The van der Waals surface area contributed by atoms with Gasteiger partial charge in [-0.25, -0.2) is 0 Å². The Labute approximate surface area is 126 Å². The number of phenolic OH excluding ortho intramolecular Hbond substituents is 1. The van der Waals surface area contributed by atoms with E-state index in [0.29, 0.717) is 23.7 Å². The maximum Gasteiger partial charge on any atom is 0.168 e. The van der Waals surface area contributed by atoms with E-state index < -0.39 is 0 Å². The summed E-state index contributed by atoms with van der Waals surface area (Å²) in [4.78, 5) is 12.6. The van der Waals surface area contributed by atoms with Gasteiger partial charge in [-0.15, -0.1) is 0 Å². The van der Waals surface area contributed by atoms with Gasteiger partial charge in [0.1, 0.15) is 0 Å². The summed E-state index contributed by atoms with van der Waals surface area (Å²) in [7, 11) is 1.52. The van der Waals surface area contributed by atoms with Gasteiger partial charge in [-0.3, -0.25) is 4.79 Å². The lowest BCUT2D eigenvalue weighted by Gasteiger charge is -2.53. The van der Waals surface area contributed by atoms with Gasteiger partial charge >= 0.3 is 0 Å². The number of aromatic hydroxyl groups is 1. The van der Waals surface area contributed by atoms with Gasteiger partial charge in [0.25, 0.3) is 0 Å². The molecule has 2 aliphatic rings. The topological polar surface area (TPSA) is 46.5 Å². The summed E-state index contributed by atoms with van der Waals surface area (Å²) in [6.45, 7) is 6.81. The Hall–Kier alpha value is -1.51. The summed E-state index contributed by atoms with van der Waals surface area (Å²) < 4.78 is 5.17. The second kappa shape index (κ2) is 4.49. The Kier molecular flexibility index (Phi) is 3.09. The van der Waals surface area contributed by atoms with Crippen LogP contribution in [0.1, 0.15) is 62.4 Å². The molecule has 0 aliphatic heterocycles. The van der Waals surface area contributed by atoms with Crippen LogP contribution in [0.5, 0.6) is 11.5 Å². The number of rotatable bonds is 1. The highest BCUT2D eigenvalue weighted by Gasteiger charge is 2.52. The van der Waals surface area contributed by atoms with Crippen LogP contribution in [0.15, 0.2) is 12.1 Å². The first-order valence-electron chi connectivity index (χ1n) is 7.75. The van der Waals surface area contributed by atoms with Gasteiger partial charge in [0.2, 0.25) is 0 Å². The first-order valence-corrected chi connectivity index (χ1v) is 7.75. The van der Waals surface area contributed by atoms with Crippen LogP contribution in [0.4, 0.5) is 0 Å². The van der Waals surface area contributed by atoms with Crippen molar-refractivity contribution in [2.45, 2.75) is 51.9 Å². The van der Waals surface area contributed by atoms with Crippen LogP contribution in [0, 0.1) is 11.3 Å². The third-order valence-corrected chi connectivity index (χ3v) is 5.87. The van der Waals surface area contributed by atoms with E-state index in [1.165, 1.54) is 13.5 Å². The lowest BCUT2D eigenvalue weighted by molar-refractivity contribution is 0.0364. The second-order valence-electron chi connectivity index (χ2n) is 7.48. The largest absolute Gasteiger partial charge is 0.504 e. The van der Waals surface area contributed by atoms with Gasteiger partial charge in [-0.2, -0.15) is 0 Å². The molecule has 3 nitrogen and oxygen atoms in total. The monoisotopic (exact) mass is 288 g/mol. The molecule has 1 saturated carbocycles. The minimum atomic E-state index is -0.0330. The molecule has 0 spiro atoms. The van der Waals surface area contributed by atoms with Crippen LogP contribution in [0.3, 0.4) is 0 Å². The Morgan fingerprint density at radius 3 is 2.62 bits per heavy atom. The molecule has 0 bridgehead atoms. The standard InChI is InChI=1S/C18H24O3/c1-17(2)8-5-9-18(3)11-6-7-13(21-4)16(20)15(11)12(19)10-14(17)18/h6-7,14,20H,5,8-10H2,1-4H3. The summed E-state index contributed by atoms with van der Waals surface area (Å²) in [5.74, 6) is 0.799. The fraction of sp³-hybridized carbons (Fsp3) is 0.611. The quantitative estimate of drug-likeness (QED) is 0.847. The van der Waals surface area contributed by atoms with Gasteiger partial charge < -0.3 is 9.84 Å². The van der Waals surface area contributed by atoms with Crippen molar-refractivity contribution < 1.29 is 14.6 Å². The molecule has 3 heteroatoms. The lowest BCUT2D eigenvalue weighted by atomic mass is 9.50. The average Bonchev–Trinajstić information content (AvgIpc) is 2.41. The molecule has 1 N–H and O–H groups in total. The number of phenols is 1. The third kappa shape index (κ3) is 1.90. The summed E-state index contributed by atoms with van der Waals surface area (Å²) in [6.07, 6.45) is 3.93. The Bertz CT molecular complexity index is 603. The zero-order valence-electron chi connectivity index (χ0n) is 13.3. The third-order valence-electron chi connectivity index (χ3n) is 5.87. The van der Waals surface area contributed by atoms with E-state index in [-0.39, 0.29) is 22.4 Å². The van der Waals surface area contributed by atoms with E-state index in [1.807, 2.05) is 6.07 Å². The molecular weight excluding hydrogens is 264 g/mol. The van der Waals surface area contributed by atoms with Crippen molar-refractivity contribution in [3.05, 3.63) is 23.3 Å². The summed E-state index contributed by atoms with van der Waals surface area (Å²) >= 11 is 0. The van der Waals surface area contributed by atoms with Crippen molar-refractivity contribution in [2.24, 2.45) is 11.3 Å². The van der Waals surface area contributed by atoms with E-state index in [1.54, 1.807) is 6.07 Å². The highest BCUT2D eigenvalue weighted by atomic mass is 16.5. The van der Waals surface area contributed by atoms with Crippen molar-refractivity contribution >= 4 is 5.78 Å². The molecular formula is C18H24O3. The number of carbonyl (C=O) groups excluding carboxylic acids is 1. The number of benzene rings is 1. The smallest absolute Gasteiger partial charge is 0.168 e. The van der Waals surface area contributed by atoms with Crippen LogP contribution < -0.4 is 4.74 Å². The number of hydrogen-bond donors (Lipinski definition) is 1. The zero-order valence-corrected chi connectivity index (χ0v) is 13.3. The Morgan fingerprint density at radius 1 is 1.24 bits per heavy atom. The van der Waals surface area contributed by atoms with Gasteiger partial charge in [0, 0.05) is 6.42 Å². The predicted molar refractivity (Wildman–Crippen MR) is 82.1 cm³/mol. The highest BCUT2D eigenvalue weighted by molar-refractivity contribution is 6.02. The van der Waals surface area contributed by atoms with Crippen molar-refractivity contribution in [3.63, 3.8) is 0 Å². The molecule has 2 atom stereocenters. The molecule has 2 aliphatic carbocycles. The molecule has 0 radical (unpaired) electrons. The number of hydrogen-bond acceptors (Lipinski definition) is 3. The van der Waals surface area contributed by atoms with Crippen LogP contribution in [-0.4, -0.2) is 18.0 Å². The molecule has 2 unspecified atom stereocenters. The minimum absolute atomic E-state index is 0.0167. The van der Waals surface area contributed by atoms with Crippen molar-refractivity contribution in [1.82, 2.24) is 0 Å². The van der Waals surface area contributed by atoms with E-state index in [9.17, 15) is 9.90 Å². The summed E-state index contributed by atoms with van der Waals surface area (Å²) in [5, 5.41) is 10.4. The molecule has 1 aromatic carbocycles. The molecule has 3 rings (SSSR count). The van der Waals surface area contributed by atoms with Gasteiger partial charge in [0.05, 0.1) is 12.7 Å². The molecule has 1 fully saturated rings. The van der Waals surface area contributed by atoms with Crippen molar-refractivity contribution in [3.8, 4) is 11.5 Å². The molecule has 21 heavy (non-hydrogen) atoms. The maximum absolute atomic E-state index is 12.6. The normalized spacial score (nSPS) is 30.5. The molecule has 1 aromatic rings. The first-order chi connectivity index (χ1) is 9.81. The fourth-order valence-electron chi connectivity index (χ4n) is 4.73. The maximum atomic E-state index is 12.6. The van der Waals surface area contributed by atoms with E-state index in [4.69, 9.17) is 4.74 Å². The minimum Gasteiger partial charge on any atom is -0.504 e. The first kappa shape index (κ1) is 14.4. The SMILES string of the molecule is COc1ccc2c(c1O)C(=O)CC1C(C)(C)CCCC21C. The van der Waals surface area contributed by atoms with Crippen molar-refractivity contribution in [1.29, 1.82) is 0 Å². The number of ether oxygens (including phenoxy) is 1. The van der Waals surface area contributed by atoms with Crippen LogP contribution in [0.2, 0.25) is 0 Å². The average molecular weight is 288 g/mol. The van der Waals surface area contributed by atoms with Gasteiger partial charge in [-0.1, -0.05) is 33.3 Å². The van der Waals surface area contributed by atoms with E-state index >= 15 is 0 Å². The molecule has 0 saturated heterocycles. The second-order valence-corrected chi connectivity index (χ2v) is 7.48. The number of Topliss-reactive ketones (excluding diaryl/α,β-unsaturated/α-hetero) is 1. The number of ketones is 1. The zero-order chi connectivity index (χ0) is 15.4. The summed E-state index contributed by atoms with van der Waals surface area (Å²) in [5.41, 5.74) is 1.63. The number of carbonyl (C=O) groups is 1. The molecule has 114 valence electrons. The number of fused-ring (bicyclic) bond motifs is 3. The van der Waals surface area contributed by atoms with E-state index in [0.717, 1.165) is 18.4 Å². The number of methoxy groups -OCH3 is 1. The fourth-order valence-corrected chi connectivity index (χ4v) is 4.73. The van der Waals surface area contributed by atoms with Gasteiger partial charge in [-0.05, 0) is 41.2 Å².